The molecule has 2 heterocycles. The summed E-state index contributed by atoms with van der Waals surface area (Å²) in [7, 11) is 1.54. The standard InChI is InChI=1S/C16H15Cl2FN4O/c1-9-5-10-12(24-2)6-11(17)15(19)16(10)23(9)4-3-20-14-7-13(18)21-8-22-14/h5-8H,3-4H2,1-2H3,(H,20,21,22). The Bertz CT molecular complexity index is 897. The lowest BCUT2D eigenvalue weighted by atomic mass is 10.2. The number of aryl methyl sites for hydroxylation is 1. The van der Waals surface area contributed by atoms with Crippen LogP contribution in [0.1, 0.15) is 5.69 Å². The molecule has 8 heteroatoms. The van der Waals surface area contributed by atoms with Crippen molar-refractivity contribution in [1.29, 1.82) is 0 Å². The SMILES string of the molecule is COc1cc(Cl)c(F)c2c1cc(C)n2CCNc1cc(Cl)ncn1. The first kappa shape index (κ1) is 16.8. The van der Waals surface area contributed by atoms with Gasteiger partial charge in [0.25, 0.3) is 0 Å². The van der Waals surface area contributed by atoms with Crippen LogP contribution in [0, 0.1) is 12.7 Å². The van der Waals surface area contributed by atoms with Gasteiger partial charge >= 0.3 is 0 Å². The molecule has 5 nitrogen and oxygen atoms in total. The van der Waals surface area contributed by atoms with Crippen LogP contribution in [0.25, 0.3) is 10.9 Å². The lowest BCUT2D eigenvalue weighted by Crippen LogP contribution is -2.12. The van der Waals surface area contributed by atoms with Gasteiger partial charge in [-0.25, -0.2) is 14.4 Å². The highest BCUT2D eigenvalue weighted by Crippen LogP contribution is 2.35. The maximum absolute atomic E-state index is 14.5. The maximum Gasteiger partial charge on any atom is 0.166 e. The highest BCUT2D eigenvalue weighted by atomic mass is 35.5. The van der Waals surface area contributed by atoms with Crippen LogP contribution in [0.5, 0.6) is 5.75 Å². The Hall–Kier alpha value is -2.05. The van der Waals surface area contributed by atoms with Gasteiger partial charge in [0, 0.05) is 36.3 Å². The number of benzene rings is 1. The van der Waals surface area contributed by atoms with E-state index in [-0.39, 0.29) is 5.02 Å². The normalized spacial score (nSPS) is 11.0. The number of nitrogens with one attached hydrogen (secondary N) is 1. The van der Waals surface area contributed by atoms with Crippen molar-refractivity contribution in [3.05, 3.63) is 46.2 Å². The van der Waals surface area contributed by atoms with Gasteiger partial charge in [-0.2, -0.15) is 0 Å². The van der Waals surface area contributed by atoms with Gasteiger partial charge in [-0.3, -0.25) is 0 Å². The second-order valence-electron chi connectivity index (χ2n) is 5.23. The summed E-state index contributed by atoms with van der Waals surface area (Å²) in [4.78, 5) is 7.90. The predicted octanol–water partition coefficient (Wildman–Crippen LogP) is 4.31. The number of methoxy groups -OCH3 is 1. The van der Waals surface area contributed by atoms with E-state index in [0.29, 0.717) is 40.7 Å². The molecule has 2 aromatic heterocycles. The van der Waals surface area contributed by atoms with E-state index in [2.05, 4.69) is 15.3 Å². The van der Waals surface area contributed by atoms with Crippen molar-refractivity contribution < 1.29 is 9.13 Å². The Morgan fingerprint density at radius 1 is 1.25 bits per heavy atom. The van der Waals surface area contributed by atoms with E-state index in [1.165, 1.54) is 19.5 Å². The van der Waals surface area contributed by atoms with Gasteiger partial charge in [0.1, 0.15) is 23.0 Å². The molecule has 126 valence electrons. The van der Waals surface area contributed by atoms with E-state index in [9.17, 15) is 4.39 Å². The van der Waals surface area contributed by atoms with E-state index in [1.54, 1.807) is 6.07 Å². The fourth-order valence-electron chi connectivity index (χ4n) is 2.65. The van der Waals surface area contributed by atoms with Crippen molar-refractivity contribution in [2.75, 3.05) is 19.0 Å². The molecule has 3 aromatic rings. The summed E-state index contributed by atoms with van der Waals surface area (Å²) in [5.74, 6) is 0.708. The molecule has 0 radical (unpaired) electrons. The number of halogens is 3. The van der Waals surface area contributed by atoms with Crippen molar-refractivity contribution >= 4 is 39.9 Å². The number of rotatable bonds is 5. The summed E-state index contributed by atoms with van der Waals surface area (Å²) in [6, 6.07) is 5.00. The zero-order valence-electron chi connectivity index (χ0n) is 13.1. The number of fused-ring (bicyclic) bond motifs is 1. The van der Waals surface area contributed by atoms with Crippen LogP contribution in [0.4, 0.5) is 10.2 Å². The summed E-state index contributed by atoms with van der Waals surface area (Å²) in [6.07, 6.45) is 1.38. The summed E-state index contributed by atoms with van der Waals surface area (Å²) in [6.45, 7) is 2.97. The molecule has 0 unspecified atom stereocenters. The smallest absolute Gasteiger partial charge is 0.166 e. The third-order valence-corrected chi connectivity index (χ3v) is 4.22. The second-order valence-corrected chi connectivity index (χ2v) is 6.02. The van der Waals surface area contributed by atoms with Crippen LogP contribution >= 0.6 is 23.2 Å². The molecule has 0 aliphatic heterocycles. The quantitative estimate of drug-likeness (QED) is 0.681. The Morgan fingerprint density at radius 2 is 2.04 bits per heavy atom. The number of aromatic nitrogens is 3. The van der Waals surface area contributed by atoms with Crippen LogP contribution in [0.3, 0.4) is 0 Å². The molecule has 1 N–H and O–H groups in total. The van der Waals surface area contributed by atoms with E-state index < -0.39 is 5.82 Å². The zero-order valence-corrected chi connectivity index (χ0v) is 14.6. The third kappa shape index (κ3) is 3.12. The van der Waals surface area contributed by atoms with E-state index in [1.807, 2.05) is 17.6 Å². The molecule has 0 bridgehead atoms. The average molecular weight is 369 g/mol. The first-order chi connectivity index (χ1) is 11.5. The van der Waals surface area contributed by atoms with Gasteiger partial charge in [0.15, 0.2) is 5.82 Å². The van der Waals surface area contributed by atoms with Gasteiger partial charge in [-0.15, -0.1) is 0 Å². The van der Waals surface area contributed by atoms with E-state index >= 15 is 0 Å². The lowest BCUT2D eigenvalue weighted by molar-refractivity contribution is 0.419. The Kier molecular flexibility index (Phi) is 4.78. The van der Waals surface area contributed by atoms with Crippen LogP contribution in [0.15, 0.2) is 24.5 Å². The van der Waals surface area contributed by atoms with Crippen LogP contribution < -0.4 is 10.1 Å². The molecule has 24 heavy (non-hydrogen) atoms. The highest BCUT2D eigenvalue weighted by Gasteiger charge is 2.17. The number of ether oxygens (including phenoxy) is 1. The first-order valence-electron chi connectivity index (χ1n) is 7.24. The molecular weight excluding hydrogens is 354 g/mol. The molecule has 0 atom stereocenters. The molecule has 0 saturated carbocycles. The molecule has 0 amide bonds. The Balaban J connectivity index is 1.89. The summed E-state index contributed by atoms with van der Waals surface area (Å²) in [5, 5.41) is 4.23. The molecule has 0 saturated heterocycles. The lowest BCUT2D eigenvalue weighted by Gasteiger charge is -2.12. The van der Waals surface area contributed by atoms with Gasteiger partial charge < -0.3 is 14.6 Å². The number of hydrogen-bond acceptors (Lipinski definition) is 4. The van der Waals surface area contributed by atoms with Gasteiger partial charge in [0.2, 0.25) is 0 Å². The monoisotopic (exact) mass is 368 g/mol. The average Bonchev–Trinajstić information content (AvgIpc) is 2.88. The Labute approximate surface area is 148 Å². The molecular formula is C16H15Cl2FN4O. The van der Waals surface area contributed by atoms with Crippen molar-refractivity contribution in [1.82, 2.24) is 14.5 Å². The van der Waals surface area contributed by atoms with Gasteiger partial charge in [-0.1, -0.05) is 23.2 Å². The van der Waals surface area contributed by atoms with Crippen molar-refractivity contribution in [3.8, 4) is 5.75 Å². The molecule has 1 aromatic carbocycles. The molecule has 0 aliphatic rings. The van der Waals surface area contributed by atoms with Crippen LogP contribution in [-0.4, -0.2) is 28.2 Å². The minimum Gasteiger partial charge on any atom is -0.496 e. The fraction of sp³-hybridized carbons (Fsp3) is 0.250. The van der Waals surface area contributed by atoms with Crippen molar-refractivity contribution in [2.24, 2.45) is 0 Å². The number of nitrogens with zero attached hydrogens (tertiary/aromatic N) is 3. The summed E-state index contributed by atoms with van der Waals surface area (Å²) < 4.78 is 21.7. The number of hydrogen-bond donors (Lipinski definition) is 1. The molecule has 0 fully saturated rings. The largest absolute Gasteiger partial charge is 0.496 e. The number of anilines is 1. The minimum atomic E-state index is -0.453. The van der Waals surface area contributed by atoms with Gasteiger partial charge in [-0.05, 0) is 13.0 Å². The predicted molar refractivity (Wildman–Crippen MR) is 93.7 cm³/mol. The second kappa shape index (κ2) is 6.83. The summed E-state index contributed by atoms with van der Waals surface area (Å²) in [5.41, 5.74) is 1.34. The Morgan fingerprint density at radius 3 is 2.75 bits per heavy atom. The third-order valence-electron chi connectivity index (χ3n) is 3.74. The zero-order chi connectivity index (χ0) is 17.3. The van der Waals surface area contributed by atoms with Crippen molar-refractivity contribution in [3.63, 3.8) is 0 Å². The van der Waals surface area contributed by atoms with Crippen molar-refractivity contribution in [2.45, 2.75) is 13.5 Å². The topological polar surface area (TPSA) is 52.0 Å². The minimum absolute atomic E-state index is 0.0363. The molecule has 0 aliphatic carbocycles. The summed E-state index contributed by atoms with van der Waals surface area (Å²) >= 11 is 11.8. The fourth-order valence-corrected chi connectivity index (χ4v) is 2.99. The van der Waals surface area contributed by atoms with Crippen LogP contribution in [-0.2, 0) is 6.54 Å². The maximum atomic E-state index is 14.5. The molecule has 0 spiro atoms. The van der Waals surface area contributed by atoms with E-state index in [4.69, 9.17) is 27.9 Å². The highest BCUT2D eigenvalue weighted by molar-refractivity contribution is 6.31. The van der Waals surface area contributed by atoms with Gasteiger partial charge in [0.05, 0.1) is 17.6 Å². The van der Waals surface area contributed by atoms with Crippen LogP contribution in [0.2, 0.25) is 10.2 Å². The molecule has 3 rings (SSSR count). The first-order valence-corrected chi connectivity index (χ1v) is 8.00. The van der Waals surface area contributed by atoms with E-state index in [0.717, 1.165) is 5.69 Å².